The van der Waals surface area contributed by atoms with Crippen LogP contribution in [0.15, 0.2) is 0 Å². The average Bonchev–Trinajstić information content (AvgIpc) is 2.37. The lowest BCUT2D eigenvalue weighted by Crippen LogP contribution is -2.56. The molecule has 18 heavy (non-hydrogen) atoms. The van der Waals surface area contributed by atoms with E-state index in [1.165, 1.54) is 7.11 Å². The Hall–Kier alpha value is -0.0631. The summed E-state index contributed by atoms with van der Waals surface area (Å²) >= 11 is 0. The first-order chi connectivity index (χ1) is 8.42. The first-order valence-electron chi connectivity index (χ1n) is 6.11. The lowest BCUT2D eigenvalue weighted by atomic mass is 10.4. The van der Waals surface area contributed by atoms with Gasteiger partial charge in [-0.15, -0.1) is 0 Å². The predicted octanol–water partition coefficient (Wildman–Crippen LogP) is -0.840. The molecule has 0 aliphatic heterocycles. The van der Waals surface area contributed by atoms with Crippen molar-refractivity contribution >= 4 is 9.05 Å². The Balaban J connectivity index is 4.81. The van der Waals surface area contributed by atoms with E-state index in [4.69, 9.17) is 34.9 Å². The van der Waals surface area contributed by atoms with Gasteiger partial charge in [0, 0.05) is 26.7 Å². The van der Waals surface area contributed by atoms with E-state index < -0.39 is 9.05 Å². The van der Waals surface area contributed by atoms with E-state index >= 15 is 0 Å². The van der Waals surface area contributed by atoms with E-state index in [0.29, 0.717) is 19.6 Å². The molecule has 110 valence electrons. The standard InChI is InChI=1S/C10H27N3O4Si/c1-8(5-11)15-18(14-4,16-9(2)6-12)17-10(3)7-13/h8-10H,5-7,11-13H2,1-4H3. The molecule has 0 aromatic heterocycles. The predicted molar refractivity (Wildman–Crippen MR) is 71.6 cm³/mol. The van der Waals surface area contributed by atoms with Crippen molar-refractivity contribution in [2.45, 2.75) is 39.1 Å². The molecule has 0 heterocycles. The summed E-state index contributed by atoms with van der Waals surface area (Å²) in [6, 6.07) is 0. The summed E-state index contributed by atoms with van der Waals surface area (Å²) in [6.07, 6.45) is -0.690. The van der Waals surface area contributed by atoms with Crippen LogP contribution in [0.3, 0.4) is 0 Å². The molecule has 0 radical (unpaired) electrons. The molecule has 0 aromatic rings. The van der Waals surface area contributed by atoms with Crippen molar-refractivity contribution in [1.29, 1.82) is 0 Å². The lowest BCUT2D eigenvalue weighted by Gasteiger charge is -2.33. The van der Waals surface area contributed by atoms with Gasteiger partial charge in [-0.25, -0.2) is 0 Å². The molecule has 7 nitrogen and oxygen atoms in total. The van der Waals surface area contributed by atoms with Crippen LogP contribution in [0.1, 0.15) is 20.8 Å². The van der Waals surface area contributed by atoms with Crippen molar-refractivity contribution in [1.82, 2.24) is 0 Å². The van der Waals surface area contributed by atoms with Crippen molar-refractivity contribution in [2.24, 2.45) is 17.2 Å². The fourth-order valence-electron chi connectivity index (χ4n) is 1.11. The smallest absolute Gasteiger partial charge is 0.355 e. The Morgan fingerprint density at radius 2 is 1.06 bits per heavy atom. The molecule has 0 aliphatic carbocycles. The van der Waals surface area contributed by atoms with Gasteiger partial charge in [-0.05, 0) is 20.8 Å². The maximum atomic E-state index is 5.72. The van der Waals surface area contributed by atoms with Crippen LogP contribution in [0, 0.1) is 0 Å². The molecule has 3 atom stereocenters. The zero-order valence-corrected chi connectivity index (χ0v) is 12.7. The summed E-state index contributed by atoms with van der Waals surface area (Å²) in [4.78, 5) is 0. The lowest BCUT2D eigenvalue weighted by molar-refractivity contribution is -0.0693. The van der Waals surface area contributed by atoms with E-state index in [1.54, 1.807) is 0 Å². The first kappa shape index (κ1) is 17.9. The van der Waals surface area contributed by atoms with Gasteiger partial charge < -0.3 is 34.9 Å². The van der Waals surface area contributed by atoms with E-state index in [9.17, 15) is 0 Å². The van der Waals surface area contributed by atoms with Gasteiger partial charge in [-0.1, -0.05) is 0 Å². The number of nitrogens with two attached hydrogens (primary N) is 3. The summed E-state index contributed by atoms with van der Waals surface area (Å²) in [5, 5.41) is 0. The molecule has 0 aromatic carbocycles. The number of hydrogen-bond acceptors (Lipinski definition) is 7. The van der Waals surface area contributed by atoms with Crippen molar-refractivity contribution in [3.05, 3.63) is 0 Å². The van der Waals surface area contributed by atoms with Crippen LogP contribution in [0.25, 0.3) is 0 Å². The summed E-state index contributed by atoms with van der Waals surface area (Å²) in [5.74, 6) is 0. The third-order valence-electron chi connectivity index (χ3n) is 2.28. The van der Waals surface area contributed by atoms with Crippen LogP contribution in [0.2, 0.25) is 0 Å². The number of hydrogen-bond donors (Lipinski definition) is 3. The molecule has 0 bridgehead atoms. The molecule has 0 amide bonds. The summed E-state index contributed by atoms with van der Waals surface area (Å²) in [5.41, 5.74) is 16.6. The van der Waals surface area contributed by atoms with Crippen LogP contribution < -0.4 is 17.2 Å². The summed E-state index contributed by atoms with van der Waals surface area (Å²) < 4.78 is 22.5. The molecule has 0 rings (SSSR count). The highest BCUT2D eigenvalue weighted by Gasteiger charge is 2.48. The second kappa shape index (κ2) is 8.94. The fourth-order valence-corrected chi connectivity index (χ4v) is 3.33. The maximum Gasteiger partial charge on any atom is 0.680 e. The van der Waals surface area contributed by atoms with E-state index in [1.807, 2.05) is 20.8 Å². The molecule has 3 unspecified atom stereocenters. The monoisotopic (exact) mass is 281 g/mol. The highest BCUT2D eigenvalue weighted by atomic mass is 28.4. The third kappa shape index (κ3) is 6.21. The maximum absolute atomic E-state index is 5.72. The molecule has 0 fully saturated rings. The van der Waals surface area contributed by atoms with Gasteiger partial charge >= 0.3 is 9.05 Å². The topological polar surface area (TPSA) is 115 Å². The first-order valence-corrected chi connectivity index (χ1v) is 7.75. The fraction of sp³-hybridized carbons (Fsp3) is 1.00. The Bertz CT molecular complexity index is 192. The SMILES string of the molecule is CO[Si](OC(C)CN)(OC(C)CN)OC(C)CN. The van der Waals surface area contributed by atoms with Crippen LogP contribution >= 0.6 is 0 Å². The minimum atomic E-state index is -3.26. The highest BCUT2D eigenvalue weighted by molar-refractivity contribution is 6.53. The van der Waals surface area contributed by atoms with Gasteiger partial charge in [0.25, 0.3) is 0 Å². The molecule has 0 spiro atoms. The van der Waals surface area contributed by atoms with Crippen molar-refractivity contribution in [3.63, 3.8) is 0 Å². The number of rotatable bonds is 10. The molecule has 0 saturated heterocycles. The van der Waals surface area contributed by atoms with E-state index in [2.05, 4.69) is 0 Å². The Morgan fingerprint density at radius 1 is 0.778 bits per heavy atom. The van der Waals surface area contributed by atoms with Gasteiger partial charge in [-0.3, -0.25) is 0 Å². The minimum absolute atomic E-state index is 0.230. The van der Waals surface area contributed by atoms with Crippen molar-refractivity contribution in [2.75, 3.05) is 26.7 Å². The van der Waals surface area contributed by atoms with Gasteiger partial charge in [0.1, 0.15) is 0 Å². The second-order valence-corrected chi connectivity index (χ2v) is 6.31. The Morgan fingerprint density at radius 3 is 1.22 bits per heavy atom. The molecule has 6 N–H and O–H groups in total. The molecular weight excluding hydrogens is 254 g/mol. The van der Waals surface area contributed by atoms with Crippen LogP contribution in [0.4, 0.5) is 0 Å². The van der Waals surface area contributed by atoms with Gasteiger partial charge in [0.2, 0.25) is 0 Å². The van der Waals surface area contributed by atoms with Gasteiger partial charge in [0.05, 0.1) is 18.3 Å². The van der Waals surface area contributed by atoms with Gasteiger partial charge in [0.15, 0.2) is 0 Å². The Labute approximate surface area is 110 Å². The van der Waals surface area contributed by atoms with Crippen molar-refractivity contribution in [3.8, 4) is 0 Å². The van der Waals surface area contributed by atoms with E-state index in [-0.39, 0.29) is 18.3 Å². The summed E-state index contributed by atoms with van der Waals surface area (Å²) in [6.45, 7) is 6.52. The zero-order chi connectivity index (χ0) is 14.2. The zero-order valence-electron chi connectivity index (χ0n) is 11.7. The molecular formula is C10H27N3O4Si. The van der Waals surface area contributed by atoms with E-state index in [0.717, 1.165) is 0 Å². The average molecular weight is 281 g/mol. The largest absolute Gasteiger partial charge is 0.680 e. The quantitative estimate of drug-likeness (QED) is 0.447. The molecule has 0 saturated carbocycles. The Kier molecular flexibility index (Phi) is 8.91. The van der Waals surface area contributed by atoms with Crippen LogP contribution in [-0.4, -0.2) is 54.1 Å². The van der Waals surface area contributed by atoms with Crippen LogP contribution in [-0.2, 0) is 17.7 Å². The van der Waals surface area contributed by atoms with Crippen molar-refractivity contribution < 1.29 is 17.7 Å². The van der Waals surface area contributed by atoms with Gasteiger partial charge in [-0.2, -0.15) is 0 Å². The normalized spacial score (nSPS) is 20.2. The third-order valence-corrected chi connectivity index (χ3v) is 4.86. The molecule has 8 heteroatoms. The minimum Gasteiger partial charge on any atom is -0.355 e. The second-order valence-electron chi connectivity index (χ2n) is 4.20. The van der Waals surface area contributed by atoms with Crippen LogP contribution in [0.5, 0.6) is 0 Å². The highest BCUT2D eigenvalue weighted by Crippen LogP contribution is 2.17. The summed E-state index contributed by atoms with van der Waals surface area (Å²) in [7, 11) is -1.77. The molecule has 0 aliphatic rings.